The quantitative estimate of drug-likeness (QED) is 0.501. The van der Waals surface area contributed by atoms with Gasteiger partial charge in [-0.2, -0.15) is 0 Å². The summed E-state index contributed by atoms with van der Waals surface area (Å²) >= 11 is 0. The van der Waals surface area contributed by atoms with Crippen LogP contribution in [0.25, 0.3) is 22.2 Å². The second-order valence-electron chi connectivity index (χ2n) is 7.20. The van der Waals surface area contributed by atoms with Crippen molar-refractivity contribution >= 4 is 28.2 Å². The molecule has 0 atom stereocenters. The second-order valence-corrected chi connectivity index (χ2v) is 7.20. The van der Waals surface area contributed by atoms with E-state index in [2.05, 4.69) is 5.32 Å². The summed E-state index contributed by atoms with van der Waals surface area (Å²) in [6.07, 6.45) is 0. The average molecular weight is 397 g/mol. The summed E-state index contributed by atoms with van der Waals surface area (Å²) in [4.78, 5) is 20.0. The smallest absolute Gasteiger partial charge is 0.256 e. The van der Waals surface area contributed by atoms with Gasteiger partial charge in [-0.15, -0.1) is 0 Å². The first-order chi connectivity index (χ1) is 14.5. The van der Waals surface area contributed by atoms with E-state index in [0.29, 0.717) is 5.56 Å². The maximum absolute atomic E-state index is 13.2. The SMILES string of the molecule is COc1cccc(-c2cc(C(=O)Nc3ccc(N(C)C)cc3)c3ccccc3n2)c1. The minimum atomic E-state index is -0.171. The van der Waals surface area contributed by atoms with Gasteiger partial charge in [0.2, 0.25) is 0 Å². The number of hydrogen-bond acceptors (Lipinski definition) is 4. The van der Waals surface area contributed by atoms with Gasteiger partial charge in [-0.3, -0.25) is 4.79 Å². The number of anilines is 2. The lowest BCUT2D eigenvalue weighted by atomic mass is 10.0. The molecule has 1 N–H and O–H groups in total. The summed E-state index contributed by atoms with van der Waals surface area (Å²) in [7, 11) is 5.60. The standard InChI is InChI=1S/C25H23N3O2/c1-28(2)19-13-11-18(12-14-19)26-25(29)22-16-24(17-7-6-8-20(15-17)30-3)27-23-10-5-4-9-21(22)23/h4-16H,1-3H3,(H,26,29). The molecule has 1 amide bonds. The van der Waals surface area contributed by atoms with Crippen molar-refractivity contribution in [3.8, 4) is 17.0 Å². The molecule has 0 bridgehead atoms. The highest BCUT2D eigenvalue weighted by molar-refractivity contribution is 6.13. The van der Waals surface area contributed by atoms with Gasteiger partial charge < -0.3 is 15.0 Å². The van der Waals surface area contributed by atoms with E-state index in [9.17, 15) is 4.79 Å². The first-order valence-corrected chi connectivity index (χ1v) is 9.68. The van der Waals surface area contributed by atoms with Gasteiger partial charge in [-0.05, 0) is 48.5 Å². The lowest BCUT2D eigenvalue weighted by Crippen LogP contribution is -2.13. The summed E-state index contributed by atoms with van der Waals surface area (Å²) in [6, 6.07) is 24.9. The molecule has 0 unspecified atom stereocenters. The lowest BCUT2D eigenvalue weighted by molar-refractivity contribution is 0.102. The van der Waals surface area contributed by atoms with Gasteiger partial charge in [-0.25, -0.2) is 4.98 Å². The van der Waals surface area contributed by atoms with Gasteiger partial charge in [0, 0.05) is 36.4 Å². The summed E-state index contributed by atoms with van der Waals surface area (Å²) in [6.45, 7) is 0. The number of nitrogens with one attached hydrogen (secondary N) is 1. The fraction of sp³-hybridized carbons (Fsp3) is 0.120. The van der Waals surface area contributed by atoms with Crippen molar-refractivity contribution in [2.45, 2.75) is 0 Å². The minimum absolute atomic E-state index is 0.171. The Morgan fingerprint density at radius 2 is 1.70 bits per heavy atom. The molecule has 150 valence electrons. The average Bonchev–Trinajstić information content (AvgIpc) is 2.78. The van der Waals surface area contributed by atoms with E-state index in [1.807, 2.05) is 97.9 Å². The van der Waals surface area contributed by atoms with E-state index < -0.39 is 0 Å². The van der Waals surface area contributed by atoms with Gasteiger partial charge in [-0.1, -0.05) is 30.3 Å². The Kier molecular flexibility index (Phi) is 5.35. The number of ether oxygens (including phenoxy) is 1. The first-order valence-electron chi connectivity index (χ1n) is 9.68. The third kappa shape index (κ3) is 3.96. The molecule has 5 heteroatoms. The Labute approximate surface area is 175 Å². The van der Waals surface area contributed by atoms with Gasteiger partial charge in [0.1, 0.15) is 5.75 Å². The monoisotopic (exact) mass is 397 g/mol. The van der Waals surface area contributed by atoms with Gasteiger partial charge in [0.15, 0.2) is 0 Å². The summed E-state index contributed by atoms with van der Waals surface area (Å²) in [5.74, 6) is 0.574. The maximum atomic E-state index is 13.2. The summed E-state index contributed by atoms with van der Waals surface area (Å²) in [5, 5.41) is 3.82. The van der Waals surface area contributed by atoms with Crippen LogP contribution in [-0.4, -0.2) is 32.1 Å². The molecule has 30 heavy (non-hydrogen) atoms. The third-order valence-electron chi connectivity index (χ3n) is 4.97. The van der Waals surface area contributed by atoms with Gasteiger partial charge in [0.25, 0.3) is 5.91 Å². The normalized spacial score (nSPS) is 10.6. The number of methoxy groups -OCH3 is 1. The summed E-state index contributed by atoms with van der Waals surface area (Å²) in [5.41, 5.74) is 4.78. The molecule has 1 aromatic heterocycles. The molecular weight excluding hydrogens is 374 g/mol. The van der Waals surface area contributed by atoms with Crippen LogP contribution in [0.2, 0.25) is 0 Å². The number of para-hydroxylation sites is 1. The molecule has 0 saturated heterocycles. The second kappa shape index (κ2) is 8.25. The van der Waals surface area contributed by atoms with Crippen LogP contribution >= 0.6 is 0 Å². The Morgan fingerprint density at radius 1 is 0.933 bits per heavy atom. The van der Waals surface area contributed by atoms with E-state index in [1.165, 1.54) is 0 Å². The number of rotatable bonds is 5. The van der Waals surface area contributed by atoms with Crippen molar-refractivity contribution in [1.29, 1.82) is 0 Å². The zero-order valence-electron chi connectivity index (χ0n) is 17.2. The van der Waals surface area contributed by atoms with Crippen molar-refractivity contribution in [3.05, 3.63) is 84.4 Å². The van der Waals surface area contributed by atoms with Crippen LogP contribution in [0, 0.1) is 0 Å². The zero-order valence-corrected chi connectivity index (χ0v) is 17.2. The molecular formula is C25H23N3O2. The molecule has 0 aliphatic carbocycles. The van der Waals surface area contributed by atoms with E-state index in [-0.39, 0.29) is 5.91 Å². The molecule has 0 saturated carbocycles. The zero-order chi connectivity index (χ0) is 21.1. The molecule has 4 aromatic rings. The highest BCUT2D eigenvalue weighted by atomic mass is 16.5. The summed E-state index contributed by atoms with van der Waals surface area (Å²) < 4.78 is 5.34. The molecule has 0 aliphatic rings. The highest BCUT2D eigenvalue weighted by Crippen LogP contribution is 2.28. The number of pyridine rings is 1. The molecule has 0 aliphatic heterocycles. The number of carbonyl (C=O) groups is 1. The molecule has 3 aromatic carbocycles. The number of nitrogens with zero attached hydrogens (tertiary/aromatic N) is 2. The fourth-order valence-corrected chi connectivity index (χ4v) is 3.33. The first kappa shape index (κ1) is 19.5. The number of benzene rings is 3. The molecule has 0 radical (unpaired) electrons. The number of fused-ring (bicyclic) bond motifs is 1. The highest BCUT2D eigenvalue weighted by Gasteiger charge is 2.14. The Hall–Kier alpha value is -3.86. The van der Waals surface area contributed by atoms with E-state index in [4.69, 9.17) is 9.72 Å². The van der Waals surface area contributed by atoms with Crippen LogP contribution in [0.15, 0.2) is 78.9 Å². The minimum Gasteiger partial charge on any atom is -0.497 e. The van der Waals surface area contributed by atoms with Crippen LogP contribution in [0.3, 0.4) is 0 Å². The van der Waals surface area contributed by atoms with E-state index in [1.54, 1.807) is 7.11 Å². The molecule has 4 rings (SSSR count). The number of aromatic nitrogens is 1. The third-order valence-corrected chi connectivity index (χ3v) is 4.97. The van der Waals surface area contributed by atoms with Crippen molar-refractivity contribution in [2.75, 3.05) is 31.4 Å². The topological polar surface area (TPSA) is 54.5 Å². The lowest BCUT2D eigenvalue weighted by Gasteiger charge is -2.14. The van der Waals surface area contributed by atoms with Crippen molar-refractivity contribution in [1.82, 2.24) is 4.98 Å². The van der Waals surface area contributed by atoms with Crippen LogP contribution in [0.4, 0.5) is 11.4 Å². The fourth-order valence-electron chi connectivity index (χ4n) is 3.33. The van der Waals surface area contributed by atoms with E-state index in [0.717, 1.165) is 39.3 Å². The van der Waals surface area contributed by atoms with Gasteiger partial charge in [0.05, 0.1) is 23.9 Å². The van der Waals surface area contributed by atoms with Gasteiger partial charge >= 0.3 is 0 Å². The van der Waals surface area contributed by atoms with Crippen molar-refractivity contribution in [3.63, 3.8) is 0 Å². The van der Waals surface area contributed by atoms with Crippen molar-refractivity contribution < 1.29 is 9.53 Å². The Balaban J connectivity index is 1.74. The number of hydrogen-bond donors (Lipinski definition) is 1. The Morgan fingerprint density at radius 3 is 2.43 bits per heavy atom. The number of carbonyl (C=O) groups excluding carboxylic acids is 1. The predicted molar refractivity (Wildman–Crippen MR) is 122 cm³/mol. The van der Waals surface area contributed by atoms with E-state index >= 15 is 0 Å². The molecule has 1 heterocycles. The van der Waals surface area contributed by atoms with Crippen LogP contribution in [0.5, 0.6) is 5.75 Å². The van der Waals surface area contributed by atoms with Crippen LogP contribution in [-0.2, 0) is 0 Å². The molecule has 0 fully saturated rings. The Bertz CT molecular complexity index is 1200. The molecule has 5 nitrogen and oxygen atoms in total. The van der Waals surface area contributed by atoms with Crippen LogP contribution < -0.4 is 15.0 Å². The predicted octanol–water partition coefficient (Wildman–Crippen LogP) is 5.23. The van der Waals surface area contributed by atoms with Crippen molar-refractivity contribution in [2.24, 2.45) is 0 Å². The number of amides is 1. The molecule has 0 spiro atoms. The van der Waals surface area contributed by atoms with Crippen LogP contribution in [0.1, 0.15) is 10.4 Å². The largest absolute Gasteiger partial charge is 0.497 e. The maximum Gasteiger partial charge on any atom is 0.256 e.